The number of rotatable bonds is 10. The molecule has 0 saturated carbocycles. The Kier molecular flexibility index (Phi) is 7.58. The highest BCUT2D eigenvalue weighted by Gasteiger charge is 2.35. The third-order valence-corrected chi connectivity index (χ3v) is 6.82. The summed E-state index contributed by atoms with van der Waals surface area (Å²) in [5.41, 5.74) is 2.16. The van der Waals surface area contributed by atoms with Crippen molar-refractivity contribution in [2.75, 3.05) is 18.6 Å². The van der Waals surface area contributed by atoms with Crippen LogP contribution in [-0.4, -0.2) is 48.4 Å². The van der Waals surface area contributed by atoms with Gasteiger partial charge in [-0.15, -0.1) is 0 Å². The summed E-state index contributed by atoms with van der Waals surface area (Å²) in [5.74, 6) is -0.00852. The number of benzene rings is 3. The summed E-state index contributed by atoms with van der Waals surface area (Å²) in [6.07, 6.45) is 1.23. The van der Waals surface area contributed by atoms with Crippen molar-refractivity contribution in [2.24, 2.45) is 0 Å². The van der Waals surface area contributed by atoms with E-state index in [-0.39, 0.29) is 36.9 Å². The maximum absolute atomic E-state index is 13.9. The molecule has 188 valence electrons. The summed E-state index contributed by atoms with van der Waals surface area (Å²) in [6.45, 7) is 5.91. The Labute approximate surface area is 212 Å². The average molecular weight is 488 g/mol. The zero-order chi connectivity index (χ0) is 25.8. The van der Waals surface area contributed by atoms with E-state index < -0.39 is 6.04 Å². The fourth-order valence-corrected chi connectivity index (χ4v) is 4.69. The molecule has 3 aromatic carbocycles. The Balaban J connectivity index is 1.65. The van der Waals surface area contributed by atoms with Crippen LogP contribution in [0.25, 0.3) is 10.8 Å². The molecule has 7 heteroatoms. The molecule has 0 bridgehead atoms. The number of nitrogens with zero attached hydrogens (tertiary/aromatic N) is 2. The molecule has 4 rings (SSSR count). The topological polar surface area (TPSA) is 79.0 Å². The molecule has 0 unspecified atom stereocenters. The molecular formula is C29H33N3O4. The molecule has 2 atom stereocenters. The van der Waals surface area contributed by atoms with Gasteiger partial charge in [0.15, 0.2) is 0 Å². The van der Waals surface area contributed by atoms with Crippen LogP contribution in [0.5, 0.6) is 5.75 Å². The number of hydrogen-bond donors (Lipinski definition) is 1. The molecule has 0 aliphatic carbocycles. The molecule has 0 spiro atoms. The summed E-state index contributed by atoms with van der Waals surface area (Å²) in [5, 5.41) is 4.84. The zero-order valence-electron chi connectivity index (χ0n) is 21.3. The maximum Gasteiger partial charge on any atom is 0.259 e. The summed E-state index contributed by atoms with van der Waals surface area (Å²) >= 11 is 0. The lowest BCUT2D eigenvalue weighted by molar-refractivity contribution is -0.140. The molecule has 7 nitrogen and oxygen atoms in total. The van der Waals surface area contributed by atoms with Gasteiger partial charge in [0.05, 0.1) is 12.8 Å². The minimum absolute atomic E-state index is 0.00687. The molecule has 1 heterocycles. The van der Waals surface area contributed by atoms with Gasteiger partial charge in [-0.1, -0.05) is 50.2 Å². The number of amides is 3. The number of carbonyl (C=O) groups excluding carboxylic acids is 3. The number of ether oxygens (including phenoxy) is 1. The monoisotopic (exact) mass is 487 g/mol. The quantitative estimate of drug-likeness (QED) is 0.456. The zero-order valence-corrected chi connectivity index (χ0v) is 21.3. The van der Waals surface area contributed by atoms with Crippen LogP contribution in [0.2, 0.25) is 0 Å². The summed E-state index contributed by atoms with van der Waals surface area (Å²) in [6, 6.07) is 18.1. The first-order valence-electron chi connectivity index (χ1n) is 12.4. The Hall–Kier alpha value is -3.87. The lowest BCUT2D eigenvalue weighted by atomic mass is 10.1. The van der Waals surface area contributed by atoms with Gasteiger partial charge in [-0.25, -0.2) is 0 Å². The van der Waals surface area contributed by atoms with Gasteiger partial charge in [-0.3, -0.25) is 19.3 Å². The molecule has 1 N–H and O–H groups in total. The van der Waals surface area contributed by atoms with Crippen LogP contribution in [-0.2, 0) is 16.1 Å². The summed E-state index contributed by atoms with van der Waals surface area (Å²) < 4.78 is 5.35. The highest BCUT2D eigenvalue weighted by molar-refractivity contribution is 6.26. The minimum Gasteiger partial charge on any atom is -0.497 e. The normalized spacial score (nSPS) is 14.0. The van der Waals surface area contributed by atoms with Gasteiger partial charge in [0, 0.05) is 23.5 Å². The molecule has 3 aromatic rings. The van der Waals surface area contributed by atoms with E-state index in [2.05, 4.69) is 5.32 Å². The van der Waals surface area contributed by atoms with Gasteiger partial charge in [0.25, 0.3) is 5.91 Å². The Morgan fingerprint density at radius 2 is 1.75 bits per heavy atom. The van der Waals surface area contributed by atoms with Crippen LogP contribution in [0.4, 0.5) is 5.69 Å². The Bertz CT molecular complexity index is 1280. The van der Waals surface area contributed by atoms with Gasteiger partial charge < -0.3 is 15.0 Å². The van der Waals surface area contributed by atoms with E-state index in [0.29, 0.717) is 17.7 Å². The van der Waals surface area contributed by atoms with E-state index in [1.165, 1.54) is 4.90 Å². The second-order valence-electron chi connectivity index (χ2n) is 9.19. The number of hydrogen-bond acceptors (Lipinski definition) is 4. The average Bonchev–Trinajstić information content (AvgIpc) is 3.16. The maximum atomic E-state index is 13.9. The van der Waals surface area contributed by atoms with Crippen molar-refractivity contribution < 1.29 is 19.1 Å². The highest BCUT2D eigenvalue weighted by Crippen LogP contribution is 2.37. The van der Waals surface area contributed by atoms with Crippen LogP contribution in [0, 0.1) is 0 Å². The van der Waals surface area contributed by atoms with E-state index in [0.717, 1.165) is 28.4 Å². The van der Waals surface area contributed by atoms with E-state index in [1.807, 2.05) is 75.4 Å². The van der Waals surface area contributed by atoms with Crippen LogP contribution in [0.3, 0.4) is 0 Å². The lowest BCUT2D eigenvalue weighted by Crippen LogP contribution is -2.53. The predicted molar refractivity (Wildman–Crippen MR) is 141 cm³/mol. The Morgan fingerprint density at radius 1 is 1.03 bits per heavy atom. The molecule has 0 aromatic heterocycles. The summed E-state index contributed by atoms with van der Waals surface area (Å²) in [7, 11) is 1.59. The van der Waals surface area contributed by atoms with E-state index in [9.17, 15) is 14.4 Å². The first-order valence-corrected chi connectivity index (χ1v) is 12.4. The van der Waals surface area contributed by atoms with Crippen molar-refractivity contribution in [2.45, 2.75) is 52.2 Å². The first-order chi connectivity index (χ1) is 17.4. The van der Waals surface area contributed by atoms with E-state index in [4.69, 9.17) is 4.74 Å². The number of methoxy groups -OCH3 is 1. The van der Waals surface area contributed by atoms with Crippen LogP contribution < -0.4 is 15.0 Å². The predicted octanol–water partition coefficient (Wildman–Crippen LogP) is 4.53. The summed E-state index contributed by atoms with van der Waals surface area (Å²) in [4.78, 5) is 43.5. The van der Waals surface area contributed by atoms with Crippen LogP contribution in [0.1, 0.15) is 49.5 Å². The lowest BCUT2D eigenvalue weighted by Gasteiger charge is -2.33. The third-order valence-electron chi connectivity index (χ3n) is 6.82. The fourth-order valence-electron chi connectivity index (χ4n) is 4.69. The second-order valence-corrected chi connectivity index (χ2v) is 9.19. The fraction of sp³-hybridized carbons (Fsp3) is 0.345. The van der Waals surface area contributed by atoms with Gasteiger partial charge in [0.2, 0.25) is 11.8 Å². The number of nitrogens with one attached hydrogen (secondary N) is 1. The standard InChI is InChI=1S/C29H33N3O4/c1-5-19(3)30-28(34)24(6-2)31(17-20-10-7-13-22(16-20)36-4)26(33)18-32-25-15-9-12-21-11-8-14-23(27(21)25)29(32)35/h7-16,19,24H,5-6,17-18H2,1-4H3,(H,30,34)/t19-,24+/m1/s1. The number of carbonyl (C=O) groups is 3. The van der Waals surface area contributed by atoms with E-state index >= 15 is 0 Å². The van der Waals surface area contributed by atoms with Crippen molar-refractivity contribution in [3.63, 3.8) is 0 Å². The smallest absolute Gasteiger partial charge is 0.259 e. The molecular weight excluding hydrogens is 454 g/mol. The molecule has 0 fully saturated rings. The molecule has 0 saturated heterocycles. The van der Waals surface area contributed by atoms with E-state index in [1.54, 1.807) is 18.1 Å². The van der Waals surface area contributed by atoms with Crippen molar-refractivity contribution >= 4 is 34.2 Å². The third kappa shape index (κ3) is 4.91. The first kappa shape index (κ1) is 25.2. The van der Waals surface area contributed by atoms with Crippen molar-refractivity contribution in [3.8, 4) is 5.75 Å². The molecule has 3 amide bonds. The largest absolute Gasteiger partial charge is 0.497 e. The van der Waals surface area contributed by atoms with Crippen LogP contribution >= 0.6 is 0 Å². The highest BCUT2D eigenvalue weighted by atomic mass is 16.5. The molecule has 1 aliphatic rings. The number of anilines is 1. The van der Waals surface area contributed by atoms with Gasteiger partial charge in [-0.2, -0.15) is 0 Å². The second kappa shape index (κ2) is 10.8. The van der Waals surface area contributed by atoms with Gasteiger partial charge in [0.1, 0.15) is 18.3 Å². The van der Waals surface area contributed by atoms with Crippen LogP contribution in [0.15, 0.2) is 60.7 Å². The van der Waals surface area contributed by atoms with Crippen molar-refractivity contribution in [1.29, 1.82) is 0 Å². The SMILES string of the molecule is CC[C@@H](C)NC(=O)[C@H](CC)N(Cc1cccc(OC)c1)C(=O)CN1C(=O)c2cccc3cccc1c23. The van der Waals surface area contributed by atoms with Crippen molar-refractivity contribution in [3.05, 3.63) is 71.8 Å². The molecule has 1 aliphatic heterocycles. The molecule has 0 radical (unpaired) electrons. The Morgan fingerprint density at radius 3 is 2.44 bits per heavy atom. The molecule has 36 heavy (non-hydrogen) atoms. The van der Waals surface area contributed by atoms with Gasteiger partial charge >= 0.3 is 0 Å². The van der Waals surface area contributed by atoms with Gasteiger partial charge in [-0.05, 0) is 55.0 Å². The minimum atomic E-state index is -0.673. The van der Waals surface area contributed by atoms with Crippen molar-refractivity contribution in [1.82, 2.24) is 10.2 Å².